The van der Waals surface area contributed by atoms with Crippen LogP contribution in [0.5, 0.6) is 5.75 Å². The molecule has 4 N–H and O–H groups in total. The largest absolute Gasteiger partial charge is 0.573 e. The number of halogens is 5. The van der Waals surface area contributed by atoms with Crippen molar-refractivity contribution in [2.24, 2.45) is 0 Å². The highest BCUT2D eigenvalue weighted by Gasteiger charge is 2.42. The van der Waals surface area contributed by atoms with Gasteiger partial charge in [0.1, 0.15) is 24.0 Å². The maximum atomic E-state index is 14.7. The van der Waals surface area contributed by atoms with E-state index in [9.17, 15) is 27.2 Å². The Bertz CT molecular complexity index is 1180. The number of esters is 1. The first-order valence-corrected chi connectivity index (χ1v) is 12.2. The van der Waals surface area contributed by atoms with E-state index in [4.69, 9.17) is 31.9 Å². The Balaban J connectivity index is 0.000000424. The third-order valence-corrected chi connectivity index (χ3v) is 5.52. The number of fused-ring (bicyclic) bond motifs is 1. The quantitative estimate of drug-likeness (QED) is 0.168. The second-order valence-electron chi connectivity index (χ2n) is 8.36. The summed E-state index contributed by atoms with van der Waals surface area (Å²) < 4.78 is 70.7. The van der Waals surface area contributed by atoms with Gasteiger partial charge in [0.2, 0.25) is 5.28 Å². The number of aromatic nitrogens is 2. The molecule has 12 nitrogen and oxygen atoms in total. The fraction of sp³-hybridized carbons (Fsp3) is 0.478. The van der Waals surface area contributed by atoms with Gasteiger partial charge in [-0.3, -0.25) is 9.59 Å². The number of hydrogen-bond donors (Lipinski definition) is 3. The van der Waals surface area contributed by atoms with Crippen LogP contribution < -0.4 is 20.7 Å². The van der Waals surface area contributed by atoms with Crippen molar-refractivity contribution in [1.29, 1.82) is 0 Å². The molecular formula is C23H26ClF4N5O7. The smallest absolute Gasteiger partial charge is 0.481 e. The van der Waals surface area contributed by atoms with E-state index in [0.29, 0.717) is 17.1 Å². The molecule has 1 saturated heterocycles. The van der Waals surface area contributed by atoms with Gasteiger partial charge in [-0.25, -0.2) is 4.39 Å². The van der Waals surface area contributed by atoms with Crippen LogP contribution in [0.4, 0.5) is 34.9 Å². The van der Waals surface area contributed by atoms with Gasteiger partial charge in [-0.15, -0.1) is 13.2 Å². The zero-order valence-corrected chi connectivity index (χ0v) is 21.7. The van der Waals surface area contributed by atoms with Crippen molar-refractivity contribution >= 4 is 40.9 Å². The van der Waals surface area contributed by atoms with Gasteiger partial charge in [-0.05, 0) is 36.2 Å². The number of nitrogens with zero attached hydrogens (tertiary/aromatic N) is 3. The Kier molecular flexibility index (Phi) is 10.5. The molecular weight excluding hydrogens is 570 g/mol. The normalized spacial score (nSPS) is 19.8. The summed E-state index contributed by atoms with van der Waals surface area (Å²) in [5.41, 5.74) is 6.92. The van der Waals surface area contributed by atoms with E-state index in [0.717, 1.165) is 0 Å². The van der Waals surface area contributed by atoms with Crippen molar-refractivity contribution in [2.45, 2.75) is 51.2 Å². The summed E-state index contributed by atoms with van der Waals surface area (Å²) in [5.74, 6) is -1.63. The number of benzene rings is 1. The Morgan fingerprint density at radius 3 is 2.60 bits per heavy atom. The minimum absolute atomic E-state index is 0.0510. The van der Waals surface area contributed by atoms with E-state index in [1.54, 1.807) is 11.8 Å². The van der Waals surface area contributed by atoms with Crippen molar-refractivity contribution in [3.05, 3.63) is 35.1 Å². The zero-order chi connectivity index (χ0) is 29.4. The van der Waals surface area contributed by atoms with Crippen LogP contribution in [0.1, 0.15) is 25.3 Å². The molecule has 40 heavy (non-hydrogen) atoms. The molecule has 0 amide bonds. The van der Waals surface area contributed by atoms with Crippen molar-refractivity contribution < 1.29 is 51.2 Å². The van der Waals surface area contributed by atoms with Crippen molar-refractivity contribution in [1.82, 2.24) is 9.97 Å². The lowest BCUT2D eigenvalue weighted by molar-refractivity contribution is -0.274. The maximum absolute atomic E-state index is 14.7. The van der Waals surface area contributed by atoms with Gasteiger partial charge in [0, 0.05) is 6.42 Å². The molecule has 1 fully saturated rings. The maximum Gasteiger partial charge on any atom is 0.573 e. The summed E-state index contributed by atoms with van der Waals surface area (Å²) >= 11 is 5.86. The Morgan fingerprint density at radius 2 is 1.98 bits per heavy atom. The molecule has 0 bridgehead atoms. The Hall–Kier alpha value is -3.63. The van der Waals surface area contributed by atoms with Gasteiger partial charge in [-0.2, -0.15) is 9.97 Å². The molecule has 0 radical (unpaired) electrons. The minimum atomic E-state index is -4.74. The van der Waals surface area contributed by atoms with Gasteiger partial charge >= 0.3 is 18.3 Å². The van der Waals surface area contributed by atoms with Crippen LogP contribution in [-0.2, 0) is 30.4 Å². The van der Waals surface area contributed by atoms with Crippen molar-refractivity contribution in [2.75, 3.05) is 35.8 Å². The number of carboxylic acid groups (broad SMARTS) is 1. The lowest BCUT2D eigenvalue weighted by Crippen LogP contribution is -2.40. The third-order valence-electron chi connectivity index (χ3n) is 5.36. The summed E-state index contributed by atoms with van der Waals surface area (Å²) in [6, 6.07) is 5.31. The van der Waals surface area contributed by atoms with Crippen molar-refractivity contribution in [3.8, 4) is 5.75 Å². The first-order chi connectivity index (χ1) is 18.9. The number of nitrogens with one attached hydrogen (secondary N) is 1. The first-order valence-electron chi connectivity index (χ1n) is 11.8. The molecule has 0 spiro atoms. The number of aliphatic carboxylic acids is 1. The van der Waals surface area contributed by atoms with Gasteiger partial charge in [0.05, 0.1) is 32.6 Å². The predicted octanol–water partition coefficient (Wildman–Crippen LogP) is 3.49. The van der Waals surface area contributed by atoms with Crippen LogP contribution in [0.3, 0.4) is 0 Å². The van der Waals surface area contributed by atoms with E-state index in [-0.39, 0.29) is 49.8 Å². The molecule has 1 aromatic heterocycles. The van der Waals surface area contributed by atoms with E-state index in [1.165, 1.54) is 24.3 Å². The van der Waals surface area contributed by atoms with E-state index in [2.05, 4.69) is 24.8 Å². The molecule has 0 saturated carbocycles. The third kappa shape index (κ3) is 8.96. The zero-order valence-electron chi connectivity index (χ0n) is 21.0. The number of hydrogen-bond acceptors (Lipinski definition) is 11. The molecule has 2 aliphatic heterocycles. The summed E-state index contributed by atoms with van der Waals surface area (Å²) in [4.78, 5) is 29.6. The van der Waals surface area contributed by atoms with Crippen LogP contribution in [0, 0.1) is 0 Å². The molecule has 220 valence electrons. The second-order valence-corrected chi connectivity index (χ2v) is 8.70. The van der Waals surface area contributed by atoms with E-state index < -0.39 is 43.2 Å². The molecule has 2 aliphatic rings. The molecule has 3 heterocycles. The SMILES string of the molecule is CCOC(=O)CC(=O)O.Nc1nc(Cl)nc2c1NCN2C1OC(COCc2ccc(OC(F)(F)F)cc2)CC1F. The number of carboxylic acids is 1. The van der Waals surface area contributed by atoms with Gasteiger partial charge in [0.25, 0.3) is 0 Å². The Morgan fingerprint density at radius 1 is 1.27 bits per heavy atom. The standard InChI is InChI=1S/C18H18ClF4N5O3.C5H8O4/c19-17-26-14(24)13-15(27-17)28(8-25-13)16-12(20)5-11(30-16)7-29-6-9-1-3-10(4-2-9)31-18(21,22)23;1-2-9-5(8)3-4(6)7/h1-4,11-12,16,25H,5-8H2,(H2,24,26,27);2-3H2,1H3,(H,6,7). The van der Waals surface area contributed by atoms with Crippen LogP contribution in [0.15, 0.2) is 24.3 Å². The van der Waals surface area contributed by atoms with Crippen LogP contribution in [-0.4, -0.2) is 71.8 Å². The molecule has 3 atom stereocenters. The minimum Gasteiger partial charge on any atom is -0.481 e. The number of anilines is 3. The van der Waals surface area contributed by atoms with E-state index in [1.807, 2.05) is 0 Å². The number of rotatable bonds is 9. The average molecular weight is 596 g/mol. The lowest BCUT2D eigenvalue weighted by atomic mass is 10.2. The molecule has 1 aromatic carbocycles. The molecule has 2 aromatic rings. The molecule has 17 heteroatoms. The predicted molar refractivity (Wildman–Crippen MR) is 132 cm³/mol. The lowest BCUT2D eigenvalue weighted by Gasteiger charge is -2.26. The summed E-state index contributed by atoms with van der Waals surface area (Å²) in [6.45, 7) is 2.32. The number of carbonyl (C=O) groups is 2. The highest BCUT2D eigenvalue weighted by Crippen LogP contribution is 2.39. The second kappa shape index (κ2) is 13.6. The summed E-state index contributed by atoms with van der Waals surface area (Å²) in [7, 11) is 0. The number of ether oxygens (including phenoxy) is 4. The number of alkyl halides is 4. The van der Waals surface area contributed by atoms with Gasteiger partial charge < -0.3 is 40.0 Å². The summed E-state index contributed by atoms with van der Waals surface area (Å²) in [5, 5.41) is 11.0. The number of carbonyl (C=O) groups excluding carboxylic acids is 1. The highest BCUT2D eigenvalue weighted by molar-refractivity contribution is 6.28. The average Bonchev–Trinajstić information content (AvgIpc) is 3.42. The number of nitrogens with two attached hydrogens (primary N) is 1. The highest BCUT2D eigenvalue weighted by atomic mass is 35.5. The van der Waals surface area contributed by atoms with E-state index >= 15 is 0 Å². The molecule has 4 rings (SSSR count). The van der Waals surface area contributed by atoms with Crippen LogP contribution in [0.25, 0.3) is 0 Å². The first kappa shape index (κ1) is 30.9. The topological polar surface area (TPSA) is 158 Å². The number of nitrogen functional groups attached to an aromatic ring is 1. The fourth-order valence-corrected chi connectivity index (χ4v) is 3.95. The van der Waals surface area contributed by atoms with Crippen LogP contribution in [0.2, 0.25) is 5.28 Å². The van der Waals surface area contributed by atoms with Crippen molar-refractivity contribution in [3.63, 3.8) is 0 Å². The van der Waals surface area contributed by atoms with Gasteiger partial charge in [0.15, 0.2) is 17.9 Å². The van der Waals surface area contributed by atoms with Crippen LogP contribution >= 0.6 is 11.6 Å². The molecule has 3 unspecified atom stereocenters. The Labute approximate surface area is 230 Å². The molecule has 0 aliphatic carbocycles. The van der Waals surface area contributed by atoms with Gasteiger partial charge in [-0.1, -0.05) is 12.1 Å². The summed E-state index contributed by atoms with van der Waals surface area (Å²) in [6.07, 6.45) is -7.88. The monoisotopic (exact) mass is 595 g/mol. The fourth-order valence-electron chi connectivity index (χ4n) is 3.78.